The van der Waals surface area contributed by atoms with Crippen LogP contribution in [0, 0.1) is 0 Å². The fraction of sp³-hybridized carbons (Fsp3) is 1.00. The van der Waals surface area contributed by atoms with Gasteiger partial charge < -0.3 is 67.4 Å². The molecular formula is C17H33N7O9. The van der Waals surface area contributed by atoms with Gasteiger partial charge in [-0.1, -0.05) is 5.11 Å². The number of hydrogen-bond acceptors (Lipinski definition) is 14. The Bertz CT molecular complexity index is 702. The van der Waals surface area contributed by atoms with Crippen LogP contribution in [-0.4, -0.2) is 124 Å². The summed E-state index contributed by atoms with van der Waals surface area (Å²) in [4.78, 5) is 2.59. The van der Waals surface area contributed by atoms with Crippen LogP contribution in [-0.2, 0) is 18.9 Å². The van der Waals surface area contributed by atoms with E-state index < -0.39 is 85.6 Å². The second-order valence-electron chi connectivity index (χ2n) is 8.53. The Balaban J connectivity index is 1.77. The van der Waals surface area contributed by atoms with Crippen molar-refractivity contribution in [1.82, 2.24) is 0 Å². The Morgan fingerprint density at radius 2 is 1.42 bits per heavy atom. The third-order valence-electron chi connectivity index (χ3n) is 6.27. The minimum Gasteiger partial charge on any atom is -0.389 e. The van der Waals surface area contributed by atoms with E-state index in [0.29, 0.717) is 0 Å². The largest absolute Gasteiger partial charge is 0.389 e. The molecule has 3 rings (SSSR count). The molecule has 0 aromatic carbocycles. The van der Waals surface area contributed by atoms with Gasteiger partial charge in [-0.15, -0.1) is 0 Å². The third kappa shape index (κ3) is 5.39. The number of azide groups is 1. The Labute approximate surface area is 188 Å². The molecule has 16 nitrogen and oxygen atoms in total. The fourth-order valence-corrected chi connectivity index (χ4v) is 4.28. The van der Waals surface area contributed by atoms with E-state index in [4.69, 9.17) is 47.4 Å². The quantitative estimate of drug-likeness (QED) is 0.0937. The Kier molecular flexibility index (Phi) is 8.82. The van der Waals surface area contributed by atoms with Crippen molar-refractivity contribution < 1.29 is 44.5 Å². The molecule has 0 bridgehead atoms. The molecule has 0 aromatic rings. The average Bonchev–Trinajstić information content (AvgIpc) is 3.05. The van der Waals surface area contributed by atoms with Crippen molar-refractivity contribution in [1.29, 1.82) is 0 Å². The summed E-state index contributed by atoms with van der Waals surface area (Å²) < 4.78 is 22.7. The molecule has 3 fully saturated rings. The molecule has 0 aromatic heterocycles. The molecule has 14 atom stereocenters. The molecule has 3 aliphatic rings. The Hall–Kier alpha value is -1.21. The summed E-state index contributed by atoms with van der Waals surface area (Å²) in [5.74, 6) is 0. The van der Waals surface area contributed by atoms with Gasteiger partial charge in [-0.25, -0.2) is 0 Å². The number of ether oxygens (including phenoxy) is 4. The van der Waals surface area contributed by atoms with E-state index in [1.807, 2.05) is 0 Å². The summed E-state index contributed by atoms with van der Waals surface area (Å²) in [5, 5.41) is 54.8. The summed E-state index contributed by atoms with van der Waals surface area (Å²) in [6, 6.07) is -2.77. The van der Waals surface area contributed by atoms with E-state index in [1.54, 1.807) is 0 Å². The number of aliphatic hydroxyl groups is 5. The molecule has 16 heteroatoms. The highest BCUT2D eigenvalue weighted by Crippen LogP contribution is 2.32. The van der Waals surface area contributed by atoms with E-state index in [-0.39, 0.29) is 19.5 Å². The molecule has 2 saturated heterocycles. The maximum atomic E-state index is 10.7. The lowest BCUT2D eigenvalue weighted by Gasteiger charge is -2.47. The van der Waals surface area contributed by atoms with Gasteiger partial charge in [-0.2, -0.15) is 0 Å². The highest BCUT2D eigenvalue weighted by Gasteiger charge is 2.52. The maximum Gasteiger partial charge on any atom is 0.187 e. The highest BCUT2D eigenvalue weighted by atomic mass is 16.7. The lowest BCUT2D eigenvalue weighted by atomic mass is 9.84. The molecule has 13 N–H and O–H groups in total. The van der Waals surface area contributed by atoms with Crippen LogP contribution in [0.1, 0.15) is 6.42 Å². The van der Waals surface area contributed by atoms with Gasteiger partial charge in [0, 0.05) is 23.5 Å². The van der Waals surface area contributed by atoms with E-state index in [1.165, 1.54) is 0 Å². The summed E-state index contributed by atoms with van der Waals surface area (Å²) in [6.07, 6.45) is -13.9. The first kappa shape index (κ1) is 26.4. The first-order valence-corrected chi connectivity index (χ1v) is 10.6. The number of rotatable bonds is 7. The molecule has 1 aliphatic carbocycles. The normalized spacial score (nSPS) is 50.7. The fourth-order valence-electron chi connectivity index (χ4n) is 4.28. The molecular weight excluding hydrogens is 446 g/mol. The monoisotopic (exact) mass is 479 g/mol. The Morgan fingerprint density at radius 1 is 0.818 bits per heavy atom. The van der Waals surface area contributed by atoms with Crippen molar-refractivity contribution in [3.05, 3.63) is 10.4 Å². The second-order valence-corrected chi connectivity index (χ2v) is 8.53. The molecule has 0 radical (unpaired) electrons. The molecule has 0 spiro atoms. The van der Waals surface area contributed by atoms with Crippen molar-refractivity contribution in [2.24, 2.45) is 28.0 Å². The van der Waals surface area contributed by atoms with Gasteiger partial charge >= 0.3 is 0 Å². The van der Waals surface area contributed by atoms with E-state index in [0.717, 1.165) is 0 Å². The standard InChI is InChI=1S/C17H33N7O9/c18-2-6-10(26)12(28)8(21)16(30-6)32-14-5(20)1-4(19)9(25)15(14)33-17-13(29)11(27)7(31-17)3-23-24-22/h4-17,25-29H,1-3,18-21H2/t4?,5?,6?,7?,8?,9?,10?,11?,12?,13?,14?,15?,16-,17?/m0/s1. The van der Waals surface area contributed by atoms with Crippen LogP contribution in [0.15, 0.2) is 5.11 Å². The van der Waals surface area contributed by atoms with Gasteiger partial charge in [0.1, 0.15) is 42.7 Å². The number of nitrogens with two attached hydrogens (primary N) is 4. The average molecular weight is 479 g/mol. The summed E-state index contributed by atoms with van der Waals surface area (Å²) in [7, 11) is 0. The van der Waals surface area contributed by atoms with Crippen molar-refractivity contribution >= 4 is 0 Å². The first-order valence-electron chi connectivity index (χ1n) is 10.6. The number of hydrogen-bond donors (Lipinski definition) is 9. The number of aliphatic hydroxyl groups excluding tert-OH is 5. The van der Waals surface area contributed by atoms with Gasteiger partial charge in [-0.3, -0.25) is 0 Å². The lowest BCUT2D eigenvalue weighted by Crippen LogP contribution is -2.68. The zero-order valence-electron chi connectivity index (χ0n) is 17.7. The van der Waals surface area contributed by atoms with Gasteiger partial charge in [0.05, 0.1) is 24.8 Å². The lowest BCUT2D eigenvalue weighted by molar-refractivity contribution is -0.306. The van der Waals surface area contributed by atoms with Crippen molar-refractivity contribution in [2.75, 3.05) is 13.1 Å². The summed E-state index contributed by atoms with van der Waals surface area (Å²) in [5.41, 5.74) is 32.2. The number of nitrogens with zero attached hydrogens (tertiary/aromatic N) is 3. The van der Waals surface area contributed by atoms with Crippen LogP contribution >= 0.6 is 0 Å². The SMILES string of the molecule is [N-]=[N+]=NCC1OC(OC2C(O)C(N)CC(N)C2O[C@@H]2OC(CN)C(O)C(O)C2N)C(O)C1O. The summed E-state index contributed by atoms with van der Waals surface area (Å²) in [6.45, 7) is -0.381. The molecule has 13 unspecified atom stereocenters. The van der Waals surface area contributed by atoms with Gasteiger partial charge in [0.25, 0.3) is 0 Å². The topological polar surface area (TPSA) is 291 Å². The van der Waals surface area contributed by atoms with Crippen molar-refractivity contribution in [3.8, 4) is 0 Å². The van der Waals surface area contributed by atoms with Gasteiger partial charge in [0.15, 0.2) is 12.6 Å². The molecule has 2 heterocycles. The van der Waals surface area contributed by atoms with Gasteiger partial charge in [-0.05, 0) is 12.0 Å². The van der Waals surface area contributed by atoms with E-state index >= 15 is 0 Å². The minimum atomic E-state index is -1.53. The maximum absolute atomic E-state index is 10.7. The van der Waals surface area contributed by atoms with Gasteiger partial charge in [0.2, 0.25) is 0 Å². The van der Waals surface area contributed by atoms with Crippen LogP contribution in [0.25, 0.3) is 10.4 Å². The molecule has 2 aliphatic heterocycles. The van der Waals surface area contributed by atoms with Crippen LogP contribution in [0.5, 0.6) is 0 Å². The van der Waals surface area contributed by atoms with Crippen LogP contribution in [0.3, 0.4) is 0 Å². The predicted molar refractivity (Wildman–Crippen MR) is 109 cm³/mol. The zero-order chi connectivity index (χ0) is 24.4. The predicted octanol–water partition coefficient (Wildman–Crippen LogP) is -5.33. The van der Waals surface area contributed by atoms with E-state index in [2.05, 4.69) is 10.0 Å². The zero-order valence-corrected chi connectivity index (χ0v) is 17.7. The van der Waals surface area contributed by atoms with E-state index in [9.17, 15) is 25.5 Å². The molecule has 33 heavy (non-hydrogen) atoms. The molecule has 0 amide bonds. The molecule has 190 valence electrons. The highest BCUT2D eigenvalue weighted by molar-refractivity contribution is 5.01. The Morgan fingerprint density at radius 3 is 2.06 bits per heavy atom. The molecule has 1 saturated carbocycles. The van der Waals surface area contributed by atoms with Crippen LogP contribution in [0.4, 0.5) is 0 Å². The summed E-state index contributed by atoms with van der Waals surface area (Å²) >= 11 is 0. The minimum absolute atomic E-state index is 0.123. The van der Waals surface area contributed by atoms with Crippen molar-refractivity contribution in [2.45, 2.75) is 92.1 Å². The van der Waals surface area contributed by atoms with Crippen LogP contribution in [0.2, 0.25) is 0 Å². The van der Waals surface area contributed by atoms with Crippen molar-refractivity contribution in [3.63, 3.8) is 0 Å². The third-order valence-corrected chi connectivity index (χ3v) is 6.27. The second kappa shape index (κ2) is 11.0. The van der Waals surface area contributed by atoms with Crippen LogP contribution < -0.4 is 22.9 Å². The first-order chi connectivity index (χ1) is 15.6. The smallest absolute Gasteiger partial charge is 0.187 e.